The summed E-state index contributed by atoms with van der Waals surface area (Å²) in [6, 6.07) is 14.4. The van der Waals surface area contributed by atoms with E-state index in [4.69, 9.17) is 9.47 Å². The van der Waals surface area contributed by atoms with E-state index in [1.165, 1.54) is 12.0 Å². The zero-order valence-electron chi connectivity index (χ0n) is 13.7. The molecule has 0 radical (unpaired) electrons. The number of phenols is 1. The molecule has 4 nitrogen and oxygen atoms in total. The van der Waals surface area contributed by atoms with Gasteiger partial charge < -0.3 is 14.6 Å². The first-order valence-corrected chi connectivity index (χ1v) is 7.95. The van der Waals surface area contributed by atoms with Crippen molar-refractivity contribution in [3.8, 4) is 17.2 Å². The van der Waals surface area contributed by atoms with Gasteiger partial charge in [-0.2, -0.15) is 0 Å². The van der Waals surface area contributed by atoms with Gasteiger partial charge in [-0.15, -0.1) is 0 Å². The van der Waals surface area contributed by atoms with E-state index in [1.807, 2.05) is 24.3 Å². The number of nitrogens with zero attached hydrogens (tertiary/aromatic N) is 1. The van der Waals surface area contributed by atoms with Crippen molar-refractivity contribution >= 4 is 0 Å². The van der Waals surface area contributed by atoms with E-state index in [9.17, 15) is 5.11 Å². The van der Waals surface area contributed by atoms with Gasteiger partial charge in [0.05, 0.1) is 14.2 Å². The number of aromatic hydroxyl groups is 1. The summed E-state index contributed by atoms with van der Waals surface area (Å²) in [6.07, 6.45) is 2.35. The largest absolute Gasteiger partial charge is 0.504 e. The number of methoxy groups -OCH3 is 2. The Labute approximate surface area is 137 Å². The van der Waals surface area contributed by atoms with Gasteiger partial charge in [-0.05, 0) is 54.8 Å². The lowest BCUT2D eigenvalue weighted by Gasteiger charge is -2.25. The van der Waals surface area contributed by atoms with Crippen molar-refractivity contribution in [1.82, 2.24) is 4.90 Å². The third kappa shape index (κ3) is 3.42. The fourth-order valence-corrected chi connectivity index (χ4v) is 3.29. The maximum Gasteiger partial charge on any atom is 0.160 e. The number of ether oxygens (including phenoxy) is 2. The minimum absolute atomic E-state index is 0.199. The molecule has 2 aromatic carbocycles. The molecule has 1 aliphatic rings. The summed E-state index contributed by atoms with van der Waals surface area (Å²) in [5.74, 6) is 1.60. The molecule has 1 atom stereocenters. The highest BCUT2D eigenvalue weighted by molar-refractivity contribution is 5.41. The lowest BCUT2D eigenvalue weighted by atomic mass is 10.0. The predicted molar refractivity (Wildman–Crippen MR) is 90.0 cm³/mol. The first-order chi connectivity index (χ1) is 11.2. The van der Waals surface area contributed by atoms with Crippen LogP contribution in [0.3, 0.4) is 0 Å². The van der Waals surface area contributed by atoms with E-state index >= 15 is 0 Å². The number of rotatable bonds is 5. The Balaban J connectivity index is 1.74. The molecule has 1 saturated heterocycles. The van der Waals surface area contributed by atoms with Gasteiger partial charge in [0, 0.05) is 12.6 Å². The van der Waals surface area contributed by atoms with Crippen LogP contribution in [0, 0.1) is 0 Å². The van der Waals surface area contributed by atoms with Crippen LogP contribution < -0.4 is 9.47 Å². The maximum atomic E-state index is 9.95. The zero-order chi connectivity index (χ0) is 16.2. The third-order valence-electron chi connectivity index (χ3n) is 4.49. The van der Waals surface area contributed by atoms with Crippen LogP contribution in [0.5, 0.6) is 17.2 Å². The number of hydrogen-bond acceptors (Lipinski definition) is 4. The Hall–Kier alpha value is -2.20. The van der Waals surface area contributed by atoms with Gasteiger partial charge in [0.25, 0.3) is 0 Å². The van der Waals surface area contributed by atoms with Crippen molar-refractivity contribution < 1.29 is 14.6 Å². The third-order valence-corrected chi connectivity index (χ3v) is 4.49. The summed E-state index contributed by atoms with van der Waals surface area (Å²) in [6.45, 7) is 1.90. The van der Waals surface area contributed by atoms with Crippen molar-refractivity contribution in [2.45, 2.75) is 25.4 Å². The summed E-state index contributed by atoms with van der Waals surface area (Å²) in [7, 11) is 3.25. The lowest BCUT2D eigenvalue weighted by Crippen LogP contribution is -2.22. The topological polar surface area (TPSA) is 41.9 Å². The van der Waals surface area contributed by atoms with Crippen LogP contribution >= 0.6 is 0 Å². The highest BCUT2D eigenvalue weighted by atomic mass is 16.5. The fraction of sp³-hybridized carbons (Fsp3) is 0.368. The van der Waals surface area contributed by atoms with Crippen LogP contribution in [-0.4, -0.2) is 30.8 Å². The predicted octanol–water partition coefficient (Wildman–Crippen LogP) is 3.75. The van der Waals surface area contributed by atoms with Crippen molar-refractivity contribution in [2.75, 3.05) is 20.8 Å². The SMILES string of the molecule is COc1ccc([C@H]2CCCN2Cc2ccc(OC)c(O)c2)cc1. The van der Waals surface area contributed by atoms with E-state index in [2.05, 4.69) is 17.0 Å². The van der Waals surface area contributed by atoms with Gasteiger partial charge in [-0.1, -0.05) is 18.2 Å². The maximum absolute atomic E-state index is 9.95. The zero-order valence-corrected chi connectivity index (χ0v) is 13.7. The van der Waals surface area contributed by atoms with Gasteiger partial charge in [-0.3, -0.25) is 4.90 Å². The van der Waals surface area contributed by atoms with Gasteiger partial charge in [0.2, 0.25) is 0 Å². The average Bonchev–Trinajstić information content (AvgIpc) is 3.03. The molecule has 0 aliphatic carbocycles. The molecule has 122 valence electrons. The Morgan fingerprint density at radius 1 is 1.09 bits per heavy atom. The number of likely N-dealkylation sites (tertiary alicyclic amines) is 1. The summed E-state index contributed by atoms with van der Waals surface area (Å²) in [5.41, 5.74) is 2.42. The molecule has 0 saturated carbocycles. The molecule has 1 aliphatic heterocycles. The molecule has 1 fully saturated rings. The van der Waals surface area contributed by atoms with Crippen LogP contribution in [0.1, 0.15) is 30.0 Å². The van der Waals surface area contributed by atoms with Gasteiger partial charge >= 0.3 is 0 Å². The molecule has 0 spiro atoms. The van der Waals surface area contributed by atoms with E-state index in [1.54, 1.807) is 20.3 Å². The second-order valence-corrected chi connectivity index (χ2v) is 5.91. The highest BCUT2D eigenvalue weighted by Gasteiger charge is 2.26. The second-order valence-electron chi connectivity index (χ2n) is 5.91. The quantitative estimate of drug-likeness (QED) is 0.913. The molecule has 0 aromatic heterocycles. The van der Waals surface area contributed by atoms with E-state index in [0.717, 1.165) is 30.8 Å². The van der Waals surface area contributed by atoms with Gasteiger partial charge in [0.15, 0.2) is 11.5 Å². The number of benzene rings is 2. The summed E-state index contributed by atoms with van der Waals surface area (Å²) >= 11 is 0. The molecule has 1 heterocycles. The Kier molecular flexibility index (Phi) is 4.72. The Morgan fingerprint density at radius 2 is 1.87 bits per heavy atom. The minimum Gasteiger partial charge on any atom is -0.504 e. The van der Waals surface area contributed by atoms with E-state index in [-0.39, 0.29) is 5.75 Å². The van der Waals surface area contributed by atoms with Crippen LogP contribution in [0.2, 0.25) is 0 Å². The smallest absolute Gasteiger partial charge is 0.160 e. The molecular weight excluding hydrogens is 290 g/mol. The molecule has 0 amide bonds. The highest BCUT2D eigenvalue weighted by Crippen LogP contribution is 2.35. The van der Waals surface area contributed by atoms with Crippen LogP contribution in [-0.2, 0) is 6.54 Å². The molecular formula is C19H23NO3. The molecule has 2 aromatic rings. The number of hydrogen-bond donors (Lipinski definition) is 1. The lowest BCUT2D eigenvalue weighted by molar-refractivity contribution is 0.248. The first-order valence-electron chi connectivity index (χ1n) is 7.95. The molecule has 0 unspecified atom stereocenters. The summed E-state index contributed by atoms with van der Waals surface area (Å²) < 4.78 is 10.3. The average molecular weight is 313 g/mol. The van der Waals surface area contributed by atoms with Crippen LogP contribution in [0.4, 0.5) is 0 Å². The van der Waals surface area contributed by atoms with Crippen LogP contribution in [0.15, 0.2) is 42.5 Å². The Morgan fingerprint density at radius 3 is 2.52 bits per heavy atom. The standard InChI is InChI=1S/C19H23NO3/c1-22-16-8-6-15(7-9-16)17-4-3-11-20(17)13-14-5-10-19(23-2)18(21)12-14/h5-10,12,17,21H,3-4,11,13H2,1-2H3/t17-/m1/s1. The van der Waals surface area contributed by atoms with Crippen molar-refractivity contribution in [3.63, 3.8) is 0 Å². The fourth-order valence-electron chi connectivity index (χ4n) is 3.29. The van der Waals surface area contributed by atoms with Crippen molar-refractivity contribution in [2.24, 2.45) is 0 Å². The molecule has 23 heavy (non-hydrogen) atoms. The number of phenolic OH excluding ortho intramolecular Hbond substituents is 1. The van der Waals surface area contributed by atoms with E-state index < -0.39 is 0 Å². The van der Waals surface area contributed by atoms with Crippen molar-refractivity contribution in [3.05, 3.63) is 53.6 Å². The van der Waals surface area contributed by atoms with Gasteiger partial charge in [-0.25, -0.2) is 0 Å². The normalized spacial score (nSPS) is 18.1. The second kappa shape index (κ2) is 6.92. The molecule has 3 rings (SSSR count). The minimum atomic E-state index is 0.199. The van der Waals surface area contributed by atoms with Gasteiger partial charge in [0.1, 0.15) is 5.75 Å². The summed E-state index contributed by atoms with van der Waals surface area (Å²) in [5, 5.41) is 9.95. The first kappa shape index (κ1) is 15.7. The summed E-state index contributed by atoms with van der Waals surface area (Å²) in [4.78, 5) is 2.46. The van der Waals surface area contributed by atoms with Crippen molar-refractivity contribution in [1.29, 1.82) is 0 Å². The Bertz CT molecular complexity index is 654. The van der Waals surface area contributed by atoms with E-state index in [0.29, 0.717) is 11.8 Å². The molecule has 1 N–H and O–H groups in total. The molecule has 0 bridgehead atoms. The monoisotopic (exact) mass is 313 g/mol. The molecule has 4 heteroatoms. The van der Waals surface area contributed by atoms with Crippen LogP contribution in [0.25, 0.3) is 0 Å².